The topological polar surface area (TPSA) is 81.7 Å². The molecule has 0 fully saturated rings. The summed E-state index contributed by atoms with van der Waals surface area (Å²) in [5.41, 5.74) is 2.26. The van der Waals surface area contributed by atoms with Crippen LogP contribution in [0.25, 0.3) is 0 Å². The van der Waals surface area contributed by atoms with Gasteiger partial charge >= 0.3 is 0 Å². The number of methoxy groups -OCH3 is 1. The van der Waals surface area contributed by atoms with E-state index >= 15 is 0 Å². The van der Waals surface area contributed by atoms with Gasteiger partial charge in [-0.3, -0.25) is 9.63 Å². The predicted molar refractivity (Wildman–Crippen MR) is 69.5 cm³/mol. The van der Waals surface area contributed by atoms with Gasteiger partial charge in [0.05, 0.1) is 29.4 Å². The summed E-state index contributed by atoms with van der Waals surface area (Å²) < 4.78 is 28.5. The number of hydrogen-bond donors (Lipinski definition) is 1. The number of rotatable bonds is 7. The normalized spacial score (nSPS) is 11.3. The highest BCUT2D eigenvalue weighted by molar-refractivity contribution is 7.91. The molecule has 7 heteroatoms. The molecular weight excluding hydrogens is 270 g/mol. The fourth-order valence-electron chi connectivity index (χ4n) is 1.38. The van der Waals surface area contributed by atoms with E-state index in [0.717, 1.165) is 0 Å². The monoisotopic (exact) mass is 287 g/mol. The van der Waals surface area contributed by atoms with Crippen LogP contribution < -0.4 is 5.48 Å². The summed E-state index contributed by atoms with van der Waals surface area (Å²) in [7, 11) is -1.94. The van der Waals surface area contributed by atoms with Gasteiger partial charge in [0.1, 0.15) is 0 Å². The van der Waals surface area contributed by atoms with E-state index < -0.39 is 15.7 Å². The van der Waals surface area contributed by atoms with Gasteiger partial charge in [0.15, 0.2) is 9.84 Å². The van der Waals surface area contributed by atoms with Crippen LogP contribution in [0.15, 0.2) is 29.2 Å². The van der Waals surface area contributed by atoms with Gasteiger partial charge in [-0.1, -0.05) is 19.1 Å². The Hall–Kier alpha value is -1.44. The number of carbonyl (C=O) groups excluding carboxylic acids is 1. The first-order valence-corrected chi connectivity index (χ1v) is 7.41. The summed E-state index contributed by atoms with van der Waals surface area (Å²) >= 11 is 0. The summed E-state index contributed by atoms with van der Waals surface area (Å²) in [6, 6.07) is 6.02. The van der Waals surface area contributed by atoms with Crippen molar-refractivity contribution in [2.45, 2.75) is 11.8 Å². The Kier molecular flexibility index (Phi) is 5.94. The van der Waals surface area contributed by atoms with E-state index in [1.165, 1.54) is 26.2 Å². The van der Waals surface area contributed by atoms with Gasteiger partial charge in [0.25, 0.3) is 5.91 Å². The zero-order valence-electron chi connectivity index (χ0n) is 10.9. The molecule has 0 aliphatic carbocycles. The van der Waals surface area contributed by atoms with Gasteiger partial charge in [-0.2, -0.15) is 0 Å². The van der Waals surface area contributed by atoms with Crippen molar-refractivity contribution in [1.82, 2.24) is 5.48 Å². The molecule has 0 spiro atoms. The van der Waals surface area contributed by atoms with Crippen LogP contribution in [0.2, 0.25) is 0 Å². The molecule has 1 rings (SSSR count). The molecule has 1 aromatic rings. The molecule has 106 valence electrons. The lowest BCUT2D eigenvalue weighted by molar-refractivity contribution is 0.00869. The number of hydroxylamine groups is 1. The SMILES string of the molecule is CCS(=O)(=O)c1ccccc1C(=O)NOCCOC. The van der Waals surface area contributed by atoms with Gasteiger partial charge in [-0.15, -0.1) is 0 Å². The highest BCUT2D eigenvalue weighted by atomic mass is 32.2. The highest BCUT2D eigenvalue weighted by Crippen LogP contribution is 2.16. The van der Waals surface area contributed by atoms with Crippen molar-refractivity contribution in [2.75, 3.05) is 26.1 Å². The minimum absolute atomic E-state index is 0.00495. The molecular formula is C12H17NO5S. The number of amides is 1. The molecule has 0 saturated carbocycles. The van der Waals surface area contributed by atoms with Gasteiger partial charge in [-0.25, -0.2) is 13.9 Å². The lowest BCUT2D eigenvalue weighted by atomic mass is 10.2. The first kappa shape index (κ1) is 15.6. The average molecular weight is 287 g/mol. The van der Waals surface area contributed by atoms with Gasteiger partial charge in [0, 0.05) is 7.11 Å². The maximum absolute atomic E-state index is 11.9. The number of carbonyl (C=O) groups is 1. The maximum Gasteiger partial charge on any atom is 0.276 e. The van der Waals surface area contributed by atoms with Crippen LogP contribution in [0.3, 0.4) is 0 Å². The van der Waals surface area contributed by atoms with E-state index in [-0.39, 0.29) is 22.8 Å². The molecule has 0 atom stereocenters. The Bertz CT molecular complexity index is 527. The molecule has 0 heterocycles. The van der Waals surface area contributed by atoms with Crippen molar-refractivity contribution in [3.63, 3.8) is 0 Å². The Morgan fingerprint density at radius 1 is 1.26 bits per heavy atom. The molecule has 0 bridgehead atoms. The van der Waals surface area contributed by atoms with Crippen molar-refractivity contribution in [3.8, 4) is 0 Å². The summed E-state index contributed by atoms with van der Waals surface area (Å²) in [5, 5.41) is 0. The second-order valence-corrected chi connectivity index (χ2v) is 5.92. The maximum atomic E-state index is 11.9. The molecule has 0 saturated heterocycles. The summed E-state index contributed by atoms with van der Waals surface area (Å²) in [6.07, 6.45) is 0. The van der Waals surface area contributed by atoms with Crippen LogP contribution in [0.5, 0.6) is 0 Å². The second-order valence-electron chi connectivity index (χ2n) is 3.67. The minimum atomic E-state index is -3.45. The molecule has 1 aromatic carbocycles. The van der Waals surface area contributed by atoms with E-state index in [0.29, 0.717) is 6.61 Å². The van der Waals surface area contributed by atoms with Crippen LogP contribution in [0.1, 0.15) is 17.3 Å². The number of hydrogen-bond acceptors (Lipinski definition) is 5. The standard InChI is InChI=1S/C12H17NO5S/c1-3-19(15,16)11-7-5-4-6-10(11)12(14)13-18-9-8-17-2/h4-7H,3,8-9H2,1-2H3,(H,13,14). The van der Waals surface area contributed by atoms with E-state index in [1.54, 1.807) is 12.1 Å². The largest absolute Gasteiger partial charge is 0.382 e. The van der Waals surface area contributed by atoms with E-state index in [9.17, 15) is 13.2 Å². The lowest BCUT2D eigenvalue weighted by Crippen LogP contribution is -2.27. The molecule has 0 radical (unpaired) electrons. The Morgan fingerprint density at radius 3 is 2.58 bits per heavy atom. The first-order valence-electron chi connectivity index (χ1n) is 5.75. The van der Waals surface area contributed by atoms with Gasteiger partial charge in [-0.05, 0) is 12.1 Å². The fraction of sp³-hybridized carbons (Fsp3) is 0.417. The molecule has 1 amide bonds. The summed E-state index contributed by atoms with van der Waals surface area (Å²) in [5.74, 6) is -0.661. The predicted octanol–water partition coefficient (Wildman–Crippen LogP) is 0.788. The number of sulfone groups is 1. The van der Waals surface area contributed by atoms with Crippen LogP contribution in [-0.2, 0) is 19.4 Å². The summed E-state index contributed by atoms with van der Waals surface area (Å²) in [6.45, 7) is 2.04. The van der Waals surface area contributed by atoms with Crippen molar-refractivity contribution >= 4 is 15.7 Å². The first-order chi connectivity index (χ1) is 9.03. The molecule has 19 heavy (non-hydrogen) atoms. The number of nitrogens with one attached hydrogen (secondary N) is 1. The number of benzene rings is 1. The average Bonchev–Trinajstić information content (AvgIpc) is 2.43. The van der Waals surface area contributed by atoms with Crippen molar-refractivity contribution in [3.05, 3.63) is 29.8 Å². The van der Waals surface area contributed by atoms with Crippen LogP contribution in [0, 0.1) is 0 Å². The Balaban J connectivity index is 2.86. The quantitative estimate of drug-likeness (QED) is 0.592. The smallest absolute Gasteiger partial charge is 0.276 e. The van der Waals surface area contributed by atoms with Crippen molar-refractivity contribution in [1.29, 1.82) is 0 Å². The van der Waals surface area contributed by atoms with Crippen LogP contribution in [-0.4, -0.2) is 40.4 Å². The molecule has 0 aliphatic heterocycles. The van der Waals surface area contributed by atoms with Crippen molar-refractivity contribution in [2.24, 2.45) is 0 Å². The minimum Gasteiger partial charge on any atom is -0.382 e. The highest BCUT2D eigenvalue weighted by Gasteiger charge is 2.20. The van der Waals surface area contributed by atoms with Crippen molar-refractivity contribution < 1.29 is 22.8 Å². The zero-order chi connectivity index (χ0) is 14.3. The zero-order valence-corrected chi connectivity index (χ0v) is 11.7. The Morgan fingerprint density at radius 2 is 1.95 bits per heavy atom. The Labute approximate surface area is 112 Å². The second kappa shape index (κ2) is 7.22. The van der Waals surface area contributed by atoms with E-state index in [2.05, 4.69) is 5.48 Å². The van der Waals surface area contributed by atoms with Gasteiger partial charge in [0.2, 0.25) is 0 Å². The third kappa shape index (κ3) is 4.30. The van der Waals surface area contributed by atoms with Crippen LogP contribution >= 0.6 is 0 Å². The lowest BCUT2D eigenvalue weighted by Gasteiger charge is -2.09. The van der Waals surface area contributed by atoms with Crippen LogP contribution in [0.4, 0.5) is 0 Å². The third-order valence-corrected chi connectivity index (χ3v) is 4.19. The van der Waals surface area contributed by atoms with E-state index in [1.807, 2.05) is 0 Å². The number of ether oxygens (including phenoxy) is 1. The molecule has 0 unspecified atom stereocenters. The molecule has 6 nitrogen and oxygen atoms in total. The molecule has 0 aliphatic rings. The molecule has 1 N–H and O–H groups in total. The molecule has 0 aromatic heterocycles. The van der Waals surface area contributed by atoms with Gasteiger partial charge < -0.3 is 4.74 Å². The summed E-state index contributed by atoms with van der Waals surface area (Å²) in [4.78, 5) is 16.7. The van der Waals surface area contributed by atoms with E-state index in [4.69, 9.17) is 9.57 Å². The fourth-order valence-corrected chi connectivity index (χ4v) is 2.47. The third-order valence-electron chi connectivity index (χ3n) is 2.40.